The Morgan fingerprint density at radius 3 is 2.21 bits per heavy atom. The molecule has 0 spiro atoms. The van der Waals surface area contributed by atoms with Gasteiger partial charge in [-0.3, -0.25) is 4.79 Å². The van der Waals surface area contributed by atoms with Gasteiger partial charge < -0.3 is 20.5 Å². The number of ether oxygens (including phenoxy) is 1. The average Bonchev–Trinajstić information content (AvgIpc) is 2.85. The number of amides is 1. The maximum absolute atomic E-state index is 13.2. The molecule has 170 valence electrons. The third-order valence-electron chi connectivity index (χ3n) is 5.00. The minimum atomic E-state index is -1.14. The molecule has 1 amide bonds. The molecular weight excluding hydrogens is 496 g/mol. The van der Waals surface area contributed by atoms with Crippen LogP contribution in [0.3, 0.4) is 0 Å². The molecule has 0 aliphatic rings. The lowest BCUT2D eigenvalue weighted by atomic mass is 10.1. The van der Waals surface area contributed by atoms with Gasteiger partial charge in [-0.15, -0.1) is 0 Å². The summed E-state index contributed by atoms with van der Waals surface area (Å²) in [5.41, 5.74) is 2.89. The summed E-state index contributed by atoms with van der Waals surface area (Å²) in [7, 11) is 0. The highest BCUT2D eigenvalue weighted by Crippen LogP contribution is 2.29. The predicted octanol–water partition coefficient (Wildman–Crippen LogP) is 6.72. The lowest BCUT2D eigenvalue weighted by Crippen LogP contribution is -2.16. The number of hydrogen-bond acceptors (Lipinski definition) is 4. The average molecular weight is 517 g/mol. The molecule has 0 atom stereocenters. The van der Waals surface area contributed by atoms with Gasteiger partial charge in [0.05, 0.1) is 22.5 Å². The molecule has 4 aromatic carbocycles. The molecule has 4 aromatic rings. The van der Waals surface area contributed by atoms with Crippen LogP contribution in [0, 0.1) is 0 Å². The summed E-state index contributed by atoms with van der Waals surface area (Å²) in [6.07, 6.45) is 0. The summed E-state index contributed by atoms with van der Waals surface area (Å²) < 4.78 is 6.54. The number of carboxylic acid groups (broad SMARTS) is 1. The van der Waals surface area contributed by atoms with E-state index in [0.717, 1.165) is 11.3 Å². The van der Waals surface area contributed by atoms with Crippen molar-refractivity contribution in [2.24, 2.45) is 0 Å². The number of carbonyl (C=O) groups excluding carboxylic acids is 1. The number of halogens is 1. The number of hydrogen-bond donors (Lipinski definition) is 3. The van der Waals surface area contributed by atoms with E-state index in [9.17, 15) is 14.7 Å². The molecule has 0 radical (unpaired) electrons. The number of carbonyl (C=O) groups is 2. The minimum absolute atomic E-state index is 0.0110. The van der Waals surface area contributed by atoms with Crippen LogP contribution < -0.4 is 15.4 Å². The van der Waals surface area contributed by atoms with E-state index in [-0.39, 0.29) is 11.3 Å². The molecule has 7 heteroatoms. The summed E-state index contributed by atoms with van der Waals surface area (Å²) in [6.45, 7) is 0.387. The number of anilines is 3. The van der Waals surface area contributed by atoms with Gasteiger partial charge >= 0.3 is 5.97 Å². The monoisotopic (exact) mass is 516 g/mol. The van der Waals surface area contributed by atoms with E-state index < -0.39 is 11.9 Å². The molecule has 6 nitrogen and oxygen atoms in total. The van der Waals surface area contributed by atoms with Gasteiger partial charge in [0.1, 0.15) is 12.4 Å². The van der Waals surface area contributed by atoms with Gasteiger partial charge in [0.25, 0.3) is 5.91 Å². The molecule has 0 aromatic heterocycles. The highest BCUT2D eigenvalue weighted by atomic mass is 79.9. The van der Waals surface area contributed by atoms with Crippen LogP contribution in [0.25, 0.3) is 0 Å². The fraction of sp³-hybridized carbons (Fsp3) is 0.0370. The van der Waals surface area contributed by atoms with Crippen LogP contribution in [0.5, 0.6) is 5.75 Å². The Hall–Kier alpha value is -4.10. The second-order valence-electron chi connectivity index (χ2n) is 7.42. The zero-order valence-corrected chi connectivity index (χ0v) is 19.6. The second-order valence-corrected chi connectivity index (χ2v) is 8.34. The quantitative estimate of drug-likeness (QED) is 0.242. The smallest absolute Gasteiger partial charge is 0.337 e. The van der Waals surface area contributed by atoms with E-state index in [1.807, 2.05) is 60.7 Å². The third kappa shape index (κ3) is 5.82. The van der Waals surface area contributed by atoms with E-state index >= 15 is 0 Å². The zero-order chi connectivity index (χ0) is 23.9. The van der Waals surface area contributed by atoms with E-state index in [1.165, 1.54) is 6.07 Å². The molecule has 0 bridgehead atoms. The van der Waals surface area contributed by atoms with Crippen molar-refractivity contribution in [3.63, 3.8) is 0 Å². The molecule has 0 fully saturated rings. The Balaban J connectivity index is 1.62. The predicted molar refractivity (Wildman–Crippen MR) is 136 cm³/mol. The number of rotatable bonds is 8. The highest BCUT2D eigenvalue weighted by molar-refractivity contribution is 9.10. The highest BCUT2D eigenvalue weighted by Gasteiger charge is 2.17. The first-order chi connectivity index (χ1) is 16.5. The van der Waals surface area contributed by atoms with Gasteiger partial charge in [0.2, 0.25) is 0 Å². The van der Waals surface area contributed by atoms with Crippen LogP contribution in [0.15, 0.2) is 102 Å². The van der Waals surface area contributed by atoms with E-state index in [2.05, 4.69) is 26.6 Å². The lowest BCUT2D eigenvalue weighted by molar-refractivity contribution is 0.0698. The molecule has 3 N–H and O–H groups in total. The van der Waals surface area contributed by atoms with E-state index in [0.29, 0.717) is 28.1 Å². The summed E-state index contributed by atoms with van der Waals surface area (Å²) in [5, 5.41) is 15.5. The first-order valence-electron chi connectivity index (χ1n) is 10.5. The van der Waals surface area contributed by atoms with Crippen LogP contribution in [0.2, 0.25) is 0 Å². The summed E-state index contributed by atoms with van der Waals surface area (Å²) in [4.78, 5) is 24.8. The summed E-state index contributed by atoms with van der Waals surface area (Å²) >= 11 is 3.26. The molecule has 0 aliphatic carbocycles. The second kappa shape index (κ2) is 10.7. The number of carboxylic acids is 1. The number of nitrogens with one attached hydrogen (secondary N) is 2. The van der Waals surface area contributed by atoms with Crippen molar-refractivity contribution < 1.29 is 19.4 Å². The Kier molecular flexibility index (Phi) is 7.25. The molecular formula is C27H21BrN2O4. The van der Waals surface area contributed by atoms with Gasteiger partial charge in [-0.2, -0.15) is 0 Å². The number of para-hydroxylation sites is 1. The van der Waals surface area contributed by atoms with Crippen LogP contribution in [0.4, 0.5) is 17.1 Å². The molecule has 0 heterocycles. The van der Waals surface area contributed by atoms with Crippen molar-refractivity contribution in [3.8, 4) is 5.75 Å². The zero-order valence-electron chi connectivity index (χ0n) is 18.0. The number of benzene rings is 4. The Morgan fingerprint density at radius 2 is 1.50 bits per heavy atom. The first kappa shape index (κ1) is 23.1. The molecule has 34 heavy (non-hydrogen) atoms. The van der Waals surface area contributed by atoms with Crippen molar-refractivity contribution in [2.45, 2.75) is 6.61 Å². The third-order valence-corrected chi connectivity index (χ3v) is 5.49. The largest absolute Gasteiger partial charge is 0.489 e. The fourth-order valence-corrected chi connectivity index (χ4v) is 3.69. The van der Waals surface area contributed by atoms with Crippen molar-refractivity contribution in [3.05, 3.63) is 118 Å². The van der Waals surface area contributed by atoms with Crippen molar-refractivity contribution >= 4 is 44.9 Å². The topological polar surface area (TPSA) is 87.7 Å². The minimum Gasteiger partial charge on any atom is -0.489 e. The first-order valence-corrected chi connectivity index (χ1v) is 11.3. The van der Waals surface area contributed by atoms with Crippen molar-refractivity contribution in [1.82, 2.24) is 0 Å². The van der Waals surface area contributed by atoms with Crippen LogP contribution in [-0.2, 0) is 6.61 Å². The fourth-order valence-electron chi connectivity index (χ4n) is 3.32. The van der Waals surface area contributed by atoms with Gasteiger partial charge in [-0.05, 0) is 48.0 Å². The van der Waals surface area contributed by atoms with E-state index in [1.54, 1.807) is 30.3 Å². The van der Waals surface area contributed by atoms with Crippen LogP contribution in [-0.4, -0.2) is 17.0 Å². The normalized spacial score (nSPS) is 10.4. The Labute approximate surface area is 205 Å². The molecule has 0 saturated heterocycles. The maximum atomic E-state index is 13.2. The lowest BCUT2D eigenvalue weighted by Gasteiger charge is -2.15. The summed E-state index contributed by atoms with van der Waals surface area (Å²) in [6, 6.07) is 29.0. The molecule has 4 rings (SSSR count). The van der Waals surface area contributed by atoms with Gasteiger partial charge in [0, 0.05) is 16.2 Å². The van der Waals surface area contributed by atoms with Gasteiger partial charge in [-0.25, -0.2) is 4.79 Å². The summed E-state index contributed by atoms with van der Waals surface area (Å²) in [5.74, 6) is -0.990. The van der Waals surface area contributed by atoms with Crippen molar-refractivity contribution in [2.75, 3.05) is 10.6 Å². The van der Waals surface area contributed by atoms with Crippen LogP contribution in [0.1, 0.15) is 26.3 Å². The standard InChI is InChI=1S/C27H21BrN2O4/c28-19-11-14-24(23(15-19)27(32)33)30-26(31)22-13-12-21(34-17-18-7-3-1-4-8-18)16-25(22)29-20-9-5-2-6-10-20/h1-16,29H,17H2,(H,30,31)(H,32,33). The van der Waals surface area contributed by atoms with Gasteiger partial charge in [-0.1, -0.05) is 64.5 Å². The Bertz CT molecular complexity index is 1310. The number of aromatic carboxylic acids is 1. The molecule has 0 saturated carbocycles. The van der Waals surface area contributed by atoms with E-state index in [4.69, 9.17) is 4.74 Å². The molecule has 0 aliphatic heterocycles. The SMILES string of the molecule is O=C(O)c1cc(Br)ccc1NC(=O)c1ccc(OCc2ccccc2)cc1Nc1ccccc1. The van der Waals surface area contributed by atoms with Crippen molar-refractivity contribution in [1.29, 1.82) is 0 Å². The van der Waals surface area contributed by atoms with Crippen LogP contribution >= 0.6 is 15.9 Å². The Morgan fingerprint density at radius 1 is 0.794 bits per heavy atom. The molecule has 0 unspecified atom stereocenters. The van der Waals surface area contributed by atoms with Gasteiger partial charge in [0.15, 0.2) is 0 Å². The maximum Gasteiger partial charge on any atom is 0.337 e.